The van der Waals surface area contributed by atoms with Crippen molar-refractivity contribution in [1.82, 2.24) is 0 Å². The van der Waals surface area contributed by atoms with Crippen molar-refractivity contribution in [2.45, 2.75) is 6.54 Å². The molecule has 0 aromatic heterocycles. The van der Waals surface area contributed by atoms with Gasteiger partial charge >= 0.3 is 5.97 Å². The fraction of sp³-hybridized carbons (Fsp3) is 0.200. The number of nitriles is 1. The minimum Gasteiger partial charge on any atom is -0.496 e. The van der Waals surface area contributed by atoms with E-state index in [1.165, 1.54) is 19.2 Å². The van der Waals surface area contributed by atoms with Gasteiger partial charge in [0.15, 0.2) is 0 Å². The van der Waals surface area contributed by atoms with Crippen LogP contribution in [0.1, 0.15) is 21.5 Å². The van der Waals surface area contributed by atoms with Gasteiger partial charge in [0.2, 0.25) is 0 Å². The third-order valence-corrected chi connectivity index (χ3v) is 2.00. The Labute approximate surface area is 86.7 Å². The smallest absolute Gasteiger partial charge is 0.339 e. The van der Waals surface area contributed by atoms with Crippen LogP contribution < -0.4 is 10.5 Å². The monoisotopic (exact) mass is 206 g/mol. The van der Waals surface area contributed by atoms with Crippen LogP contribution in [-0.2, 0) is 6.54 Å². The van der Waals surface area contributed by atoms with Crippen molar-refractivity contribution in [2.75, 3.05) is 7.11 Å². The van der Waals surface area contributed by atoms with E-state index in [0.717, 1.165) is 0 Å². The summed E-state index contributed by atoms with van der Waals surface area (Å²) in [5, 5.41) is 17.6. The Morgan fingerprint density at radius 3 is 2.73 bits per heavy atom. The van der Waals surface area contributed by atoms with Crippen molar-refractivity contribution in [1.29, 1.82) is 5.26 Å². The van der Waals surface area contributed by atoms with Crippen LogP contribution in [0.15, 0.2) is 12.1 Å². The lowest BCUT2D eigenvalue weighted by molar-refractivity contribution is 0.0693. The number of carboxylic acids is 1. The maximum atomic E-state index is 10.8. The number of carbonyl (C=O) groups is 1. The van der Waals surface area contributed by atoms with Crippen LogP contribution in [-0.4, -0.2) is 18.2 Å². The maximum absolute atomic E-state index is 10.8. The summed E-state index contributed by atoms with van der Waals surface area (Å²) >= 11 is 0. The van der Waals surface area contributed by atoms with Crippen molar-refractivity contribution in [2.24, 2.45) is 5.73 Å². The molecule has 0 atom stereocenters. The standard InChI is InChI=1S/C10H10N2O3/c1-15-9-3-7(5-12)6(4-11)2-8(9)10(13)14/h2-3H,5,12H2,1H3,(H,13,14). The second-order valence-corrected chi connectivity index (χ2v) is 2.83. The summed E-state index contributed by atoms with van der Waals surface area (Å²) < 4.78 is 4.90. The number of hydrogen-bond donors (Lipinski definition) is 2. The summed E-state index contributed by atoms with van der Waals surface area (Å²) in [7, 11) is 1.37. The molecule has 0 amide bonds. The Kier molecular flexibility index (Phi) is 3.26. The van der Waals surface area contributed by atoms with Crippen LogP contribution in [0.4, 0.5) is 0 Å². The molecule has 15 heavy (non-hydrogen) atoms. The molecule has 78 valence electrons. The zero-order valence-corrected chi connectivity index (χ0v) is 8.15. The lowest BCUT2D eigenvalue weighted by Crippen LogP contribution is -2.06. The Hall–Kier alpha value is -2.06. The number of methoxy groups -OCH3 is 1. The van der Waals surface area contributed by atoms with E-state index in [-0.39, 0.29) is 23.4 Å². The van der Waals surface area contributed by atoms with Crippen molar-refractivity contribution >= 4 is 5.97 Å². The van der Waals surface area contributed by atoms with Gasteiger partial charge in [-0.1, -0.05) is 0 Å². The lowest BCUT2D eigenvalue weighted by Gasteiger charge is -2.08. The molecule has 0 saturated heterocycles. The molecule has 0 spiro atoms. The van der Waals surface area contributed by atoms with Gasteiger partial charge in [-0.15, -0.1) is 0 Å². The number of nitrogens with zero attached hydrogens (tertiary/aromatic N) is 1. The van der Waals surface area contributed by atoms with Gasteiger partial charge in [-0.25, -0.2) is 4.79 Å². The number of carboxylic acid groups (broad SMARTS) is 1. The first kappa shape index (κ1) is 11.0. The number of aromatic carboxylic acids is 1. The second-order valence-electron chi connectivity index (χ2n) is 2.83. The van der Waals surface area contributed by atoms with E-state index in [9.17, 15) is 4.79 Å². The van der Waals surface area contributed by atoms with Crippen molar-refractivity contribution in [3.05, 3.63) is 28.8 Å². The zero-order valence-electron chi connectivity index (χ0n) is 8.15. The number of benzene rings is 1. The molecular formula is C10H10N2O3. The minimum atomic E-state index is -1.13. The third-order valence-electron chi connectivity index (χ3n) is 2.00. The first-order valence-electron chi connectivity index (χ1n) is 4.18. The highest BCUT2D eigenvalue weighted by Crippen LogP contribution is 2.23. The fourth-order valence-corrected chi connectivity index (χ4v) is 1.23. The van der Waals surface area contributed by atoms with Crippen LogP contribution in [0.3, 0.4) is 0 Å². The molecule has 0 radical (unpaired) electrons. The molecule has 1 rings (SSSR count). The Morgan fingerprint density at radius 1 is 1.67 bits per heavy atom. The second kappa shape index (κ2) is 4.44. The van der Waals surface area contributed by atoms with Crippen LogP contribution in [0.25, 0.3) is 0 Å². The summed E-state index contributed by atoms with van der Waals surface area (Å²) in [6, 6.07) is 4.64. The van der Waals surface area contributed by atoms with E-state index >= 15 is 0 Å². The third kappa shape index (κ3) is 2.06. The summed E-state index contributed by atoms with van der Waals surface area (Å²) in [4.78, 5) is 10.8. The Morgan fingerprint density at radius 2 is 2.33 bits per heavy atom. The average Bonchev–Trinajstić information content (AvgIpc) is 2.26. The summed E-state index contributed by atoms with van der Waals surface area (Å²) in [5.41, 5.74) is 6.21. The summed E-state index contributed by atoms with van der Waals surface area (Å²) in [5.74, 6) is -0.922. The fourth-order valence-electron chi connectivity index (χ4n) is 1.23. The molecule has 0 heterocycles. The highest BCUT2D eigenvalue weighted by molar-refractivity contribution is 5.91. The molecule has 0 aliphatic rings. The van der Waals surface area contributed by atoms with Crippen LogP contribution in [0.5, 0.6) is 5.75 Å². The molecular weight excluding hydrogens is 196 g/mol. The zero-order chi connectivity index (χ0) is 11.4. The minimum absolute atomic E-state index is 0.0359. The van der Waals surface area contributed by atoms with Gasteiger partial charge in [-0.2, -0.15) is 5.26 Å². The van der Waals surface area contributed by atoms with Gasteiger partial charge in [0.05, 0.1) is 18.7 Å². The predicted octanol–water partition coefficient (Wildman–Crippen LogP) is 0.724. The van der Waals surface area contributed by atoms with Crippen molar-refractivity contribution in [3.8, 4) is 11.8 Å². The van der Waals surface area contributed by atoms with Crippen molar-refractivity contribution in [3.63, 3.8) is 0 Å². The van der Waals surface area contributed by atoms with Crippen LogP contribution in [0.2, 0.25) is 0 Å². The Balaban J connectivity index is 3.42. The van der Waals surface area contributed by atoms with Gasteiger partial charge in [-0.05, 0) is 17.7 Å². The highest BCUT2D eigenvalue weighted by atomic mass is 16.5. The summed E-state index contributed by atoms with van der Waals surface area (Å²) in [6.45, 7) is 0.166. The van der Waals surface area contributed by atoms with E-state index in [0.29, 0.717) is 5.56 Å². The van der Waals surface area contributed by atoms with Gasteiger partial charge in [0.25, 0.3) is 0 Å². The Bertz CT molecular complexity index is 435. The summed E-state index contributed by atoms with van der Waals surface area (Å²) in [6.07, 6.45) is 0. The lowest BCUT2D eigenvalue weighted by atomic mass is 10.0. The van der Waals surface area contributed by atoms with E-state index in [1.54, 1.807) is 0 Å². The van der Waals surface area contributed by atoms with E-state index in [2.05, 4.69) is 0 Å². The van der Waals surface area contributed by atoms with E-state index < -0.39 is 5.97 Å². The number of rotatable bonds is 3. The number of hydrogen-bond acceptors (Lipinski definition) is 4. The normalized spacial score (nSPS) is 9.40. The predicted molar refractivity (Wildman–Crippen MR) is 52.6 cm³/mol. The first-order valence-corrected chi connectivity index (χ1v) is 4.18. The molecule has 0 unspecified atom stereocenters. The topological polar surface area (TPSA) is 96.3 Å². The largest absolute Gasteiger partial charge is 0.496 e. The molecule has 5 heteroatoms. The molecule has 0 saturated carbocycles. The molecule has 3 N–H and O–H groups in total. The molecule has 0 bridgehead atoms. The first-order chi connectivity index (χ1) is 7.13. The highest BCUT2D eigenvalue weighted by Gasteiger charge is 2.14. The van der Waals surface area contributed by atoms with Gasteiger partial charge < -0.3 is 15.6 Å². The quantitative estimate of drug-likeness (QED) is 0.759. The molecule has 0 aliphatic carbocycles. The van der Waals surface area contributed by atoms with Gasteiger partial charge in [-0.3, -0.25) is 0 Å². The molecule has 1 aromatic carbocycles. The van der Waals surface area contributed by atoms with Crippen LogP contribution in [0, 0.1) is 11.3 Å². The van der Waals surface area contributed by atoms with Crippen molar-refractivity contribution < 1.29 is 14.6 Å². The average molecular weight is 206 g/mol. The van der Waals surface area contributed by atoms with E-state index in [4.69, 9.17) is 20.8 Å². The van der Waals surface area contributed by atoms with Crippen LogP contribution >= 0.6 is 0 Å². The molecule has 1 aromatic rings. The SMILES string of the molecule is COc1cc(CN)c(C#N)cc1C(=O)O. The maximum Gasteiger partial charge on any atom is 0.339 e. The molecule has 5 nitrogen and oxygen atoms in total. The number of ether oxygens (including phenoxy) is 1. The van der Waals surface area contributed by atoms with Gasteiger partial charge in [0.1, 0.15) is 11.3 Å². The van der Waals surface area contributed by atoms with Gasteiger partial charge in [0, 0.05) is 6.54 Å². The molecule has 0 fully saturated rings. The van der Waals surface area contributed by atoms with E-state index in [1.807, 2.05) is 6.07 Å². The molecule has 0 aliphatic heterocycles. The number of nitrogens with two attached hydrogens (primary N) is 1.